The van der Waals surface area contributed by atoms with Crippen molar-refractivity contribution in [2.45, 2.75) is 70.4 Å². The van der Waals surface area contributed by atoms with E-state index >= 15 is 0 Å². The molecule has 0 radical (unpaired) electrons. The molecule has 3 N–H and O–H groups in total. The van der Waals surface area contributed by atoms with E-state index in [9.17, 15) is 4.79 Å². The normalized spacial score (nSPS) is 19.2. The largest absolute Gasteiger partial charge is 0.357 e. The minimum Gasteiger partial charge on any atom is -0.357 e. The van der Waals surface area contributed by atoms with E-state index < -0.39 is 0 Å². The third-order valence-electron chi connectivity index (χ3n) is 5.83. The molecule has 8 heteroatoms. The van der Waals surface area contributed by atoms with E-state index in [-0.39, 0.29) is 29.9 Å². The Morgan fingerprint density at radius 1 is 1.20 bits per heavy atom. The predicted octanol–water partition coefficient (Wildman–Crippen LogP) is 3.90. The summed E-state index contributed by atoms with van der Waals surface area (Å²) in [5.74, 6) is 0.951. The van der Waals surface area contributed by atoms with Crippen LogP contribution in [-0.4, -0.2) is 55.5 Å². The highest BCUT2D eigenvalue weighted by Gasteiger charge is 2.24. The first-order valence-corrected chi connectivity index (χ1v) is 12.2. The summed E-state index contributed by atoms with van der Waals surface area (Å²) in [6.07, 6.45) is 9.08. The number of thiophene rings is 1. The Kier molecular flexibility index (Phi) is 12.1. The van der Waals surface area contributed by atoms with Crippen LogP contribution in [0.4, 0.5) is 0 Å². The lowest BCUT2D eigenvalue weighted by Crippen LogP contribution is -2.41. The van der Waals surface area contributed by atoms with Crippen LogP contribution in [0.1, 0.15) is 69.2 Å². The molecule has 1 saturated carbocycles. The number of likely N-dealkylation sites (tertiary alicyclic amines) is 1. The van der Waals surface area contributed by atoms with Gasteiger partial charge in [-0.05, 0) is 57.1 Å². The molecule has 1 aromatic rings. The van der Waals surface area contributed by atoms with E-state index in [0.29, 0.717) is 25.0 Å². The van der Waals surface area contributed by atoms with Crippen molar-refractivity contribution in [2.24, 2.45) is 4.99 Å². The zero-order chi connectivity index (χ0) is 20.3. The summed E-state index contributed by atoms with van der Waals surface area (Å²) in [4.78, 5) is 21.0. The van der Waals surface area contributed by atoms with Gasteiger partial charge < -0.3 is 16.0 Å². The average Bonchev–Trinajstić information content (AvgIpc) is 3.44. The van der Waals surface area contributed by atoms with Crippen molar-refractivity contribution in [1.82, 2.24) is 20.9 Å². The Hall–Kier alpha value is -0.870. The monoisotopic (exact) mass is 547 g/mol. The van der Waals surface area contributed by atoms with Crippen LogP contribution < -0.4 is 16.0 Å². The highest BCUT2D eigenvalue weighted by molar-refractivity contribution is 14.0. The van der Waals surface area contributed by atoms with E-state index in [1.807, 2.05) is 11.3 Å². The quantitative estimate of drug-likeness (QED) is 0.249. The number of amides is 1. The molecule has 2 aliphatic rings. The average molecular weight is 548 g/mol. The second kappa shape index (κ2) is 14.2. The van der Waals surface area contributed by atoms with Gasteiger partial charge in [-0.2, -0.15) is 0 Å². The molecule has 1 aliphatic heterocycles. The molecule has 3 rings (SSSR count). The van der Waals surface area contributed by atoms with Crippen LogP contribution >= 0.6 is 35.3 Å². The van der Waals surface area contributed by atoms with Crippen molar-refractivity contribution in [3.8, 4) is 0 Å². The van der Waals surface area contributed by atoms with Gasteiger partial charge in [0, 0.05) is 30.4 Å². The molecule has 170 valence electrons. The fourth-order valence-electron chi connectivity index (χ4n) is 4.28. The zero-order valence-corrected chi connectivity index (χ0v) is 21.3. The van der Waals surface area contributed by atoms with E-state index in [1.165, 1.54) is 37.0 Å². The summed E-state index contributed by atoms with van der Waals surface area (Å²) in [7, 11) is 0. The lowest BCUT2D eigenvalue weighted by Gasteiger charge is -2.25. The molecule has 6 nitrogen and oxygen atoms in total. The maximum absolute atomic E-state index is 12.2. The number of nitrogens with one attached hydrogen (secondary N) is 3. The molecule has 1 unspecified atom stereocenters. The van der Waals surface area contributed by atoms with Crippen LogP contribution in [0, 0.1) is 0 Å². The summed E-state index contributed by atoms with van der Waals surface area (Å²) in [6, 6.07) is 5.08. The van der Waals surface area contributed by atoms with E-state index in [2.05, 4.69) is 45.3 Å². The fraction of sp³-hybridized carbons (Fsp3) is 0.727. The fourth-order valence-corrected chi connectivity index (χ4v) is 5.13. The van der Waals surface area contributed by atoms with Crippen molar-refractivity contribution in [3.63, 3.8) is 0 Å². The number of rotatable bonds is 9. The van der Waals surface area contributed by atoms with Crippen molar-refractivity contribution in [2.75, 3.05) is 32.7 Å². The Morgan fingerprint density at radius 3 is 2.63 bits per heavy atom. The van der Waals surface area contributed by atoms with Crippen molar-refractivity contribution < 1.29 is 4.79 Å². The molecule has 30 heavy (non-hydrogen) atoms. The smallest absolute Gasteiger partial charge is 0.221 e. The Bertz CT molecular complexity index is 627. The van der Waals surface area contributed by atoms with Gasteiger partial charge in [0.1, 0.15) is 0 Å². The van der Waals surface area contributed by atoms with Gasteiger partial charge in [0.15, 0.2) is 5.96 Å². The van der Waals surface area contributed by atoms with Gasteiger partial charge in [0.2, 0.25) is 5.91 Å². The van der Waals surface area contributed by atoms with Gasteiger partial charge in [0.25, 0.3) is 0 Å². The maximum atomic E-state index is 12.2. The summed E-state index contributed by atoms with van der Waals surface area (Å²) >= 11 is 1.82. The molecule has 0 bridgehead atoms. The number of carbonyl (C=O) groups excluding carboxylic acids is 1. The van der Waals surface area contributed by atoms with Gasteiger partial charge in [0.05, 0.1) is 12.6 Å². The van der Waals surface area contributed by atoms with Crippen LogP contribution in [0.5, 0.6) is 0 Å². The first-order chi connectivity index (χ1) is 14.3. The second-order valence-corrected chi connectivity index (χ2v) is 9.05. The Balaban J connectivity index is 0.00000320. The zero-order valence-electron chi connectivity index (χ0n) is 18.2. The van der Waals surface area contributed by atoms with Gasteiger partial charge in [-0.3, -0.25) is 14.7 Å². The van der Waals surface area contributed by atoms with E-state index in [1.54, 1.807) is 0 Å². The third-order valence-corrected chi connectivity index (χ3v) is 6.81. The summed E-state index contributed by atoms with van der Waals surface area (Å²) in [5, 5.41) is 12.0. The molecule has 1 amide bonds. The number of carbonyl (C=O) groups is 1. The molecule has 1 saturated heterocycles. The molecule has 1 aliphatic carbocycles. The lowest BCUT2D eigenvalue weighted by atomic mass is 9.95. The maximum Gasteiger partial charge on any atom is 0.221 e. The molecular formula is C22H38IN5OS. The van der Waals surface area contributed by atoms with Crippen molar-refractivity contribution >= 4 is 47.2 Å². The Morgan fingerprint density at radius 2 is 1.97 bits per heavy atom. The van der Waals surface area contributed by atoms with E-state index in [4.69, 9.17) is 4.99 Å². The number of hydrogen-bond donors (Lipinski definition) is 3. The minimum absolute atomic E-state index is 0. The van der Waals surface area contributed by atoms with Gasteiger partial charge in [-0.15, -0.1) is 35.3 Å². The lowest BCUT2D eigenvalue weighted by molar-refractivity contribution is -0.121. The van der Waals surface area contributed by atoms with Gasteiger partial charge in [-0.1, -0.05) is 25.3 Å². The van der Waals surface area contributed by atoms with Crippen LogP contribution in [0.15, 0.2) is 22.5 Å². The number of nitrogens with zero attached hydrogens (tertiary/aromatic N) is 2. The van der Waals surface area contributed by atoms with Crippen LogP contribution in [0.3, 0.4) is 0 Å². The van der Waals surface area contributed by atoms with Gasteiger partial charge in [-0.25, -0.2) is 0 Å². The highest BCUT2D eigenvalue weighted by Crippen LogP contribution is 2.28. The molecule has 2 heterocycles. The topological polar surface area (TPSA) is 68.8 Å². The number of guanidine groups is 1. The molecule has 0 spiro atoms. The number of hydrogen-bond acceptors (Lipinski definition) is 4. The molecule has 1 aromatic heterocycles. The summed E-state index contributed by atoms with van der Waals surface area (Å²) in [6.45, 7) is 6.55. The van der Waals surface area contributed by atoms with E-state index in [0.717, 1.165) is 45.0 Å². The molecule has 2 fully saturated rings. The summed E-state index contributed by atoms with van der Waals surface area (Å²) in [5.41, 5.74) is 0. The first kappa shape index (κ1) is 25.4. The molecule has 1 atom stereocenters. The number of aliphatic imine (C=N–C) groups is 1. The van der Waals surface area contributed by atoms with Crippen molar-refractivity contribution in [1.29, 1.82) is 0 Å². The van der Waals surface area contributed by atoms with Crippen LogP contribution in [0.25, 0.3) is 0 Å². The minimum atomic E-state index is 0. The SMILES string of the molecule is CCNC(=NCC(c1cccs1)N1CCCC1)NCCC(=O)NC1CCCCC1.I. The molecular weight excluding hydrogens is 509 g/mol. The first-order valence-electron chi connectivity index (χ1n) is 11.3. The van der Waals surface area contributed by atoms with Crippen LogP contribution in [0.2, 0.25) is 0 Å². The standard InChI is InChI=1S/C22H37N5OS.HI/c1-2-23-22(24-13-12-21(28)26-18-9-4-3-5-10-18)25-17-19(20-11-8-16-29-20)27-14-6-7-15-27;/h8,11,16,18-19H,2-7,9-10,12-15,17H2,1H3,(H,26,28)(H2,23,24,25);1H. The molecule has 0 aromatic carbocycles. The Labute approximate surface area is 202 Å². The van der Waals surface area contributed by atoms with Crippen LogP contribution in [-0.2, 0) is 4.79 Å². The predicted molar refractivity (Wildman–Crippen MR) is 137 cm³/mol. The highest BCUT2D eigenvalue weighted by atomic mass is 127. The summed E-state index contributed by atoms with van der Waals surface area (Å²) < 4.78 is 0. The van der Waals surface area contributed by atoms with Crippen molar-refractivity contribution in [3.05, 3.63) is 22.4 Å². The number of halogens is 1. The van der Waals surface area contributed by atoms with Gasteiger partial charge >= 0.3 is 0 Å². The second-order valence-electron chi connectivity index (χ2n) is 8.07. The third kappa shape index (κ3) is 8.34.